The zero-order valence-corrected chi connectivity index (χ0v) is 76.4. The van der Waals surface area contributed by atoms with E-state index in [2.05, 4.69) is 37.2 Å². The summed E-state index contributed by atoms with van der Waals surface area (Å²) in [6, 6.07) is 29.4. The number of unbranched alkanes of at least 4 members (excludes halogenated alkanes) is 1. The van der Waals surface area contributed by atoms with Crippen LogP contribution in [0.2, 0.25) is 0 Å². The smallest absolute Gasteiger partial charge is 0.246 e. The predicted octanol–water partition coefficient (Wildman–Crippen LogP) is 4.73. The number of nitrogens with two attached hydrogens (primary N) is 4. The number of hydrogen-bond acceptors (Lipinski definition) is 26. The zero-order chi connectivity index (χ0) is 92.3. The summed E-state index contributed by atoms with van der Waals surface area (Å²) in [5.41, 5.74) is 25.8. The maximum atomic E-state index is 14.1. The highest BCUT2D eigenvalue weighted by Crippen LogP contribution is 2.32. The Morgan fingerprint density at radius 2 is 0.703 bits per heavy atom. The normalized spacial score (nSPS) is 14.1. The first kappa shape index (κ1) is 110. The van der Waals surface area contributed by atoms with Crippen molar-refractivity contribution in [2.75, 3.05) is 190 Å². The van der Waals surface area contributed by atoms with Gasteiger partial charge < -0.3 is 112 Å². The SMILES string of the molecule is N=C(N)c1ccc(CNC(=O)[C@H](CCC(=O)NCCCOCCOCCOCCCN)NC(=O)[C@@H](CC2CCCCC2)CS(=O)(=O)Cc2ccccc2)cc1.N=C(N)c1ccc(CNC(=O)[C@H](CCCCNC(=O)COCC(=O)NCCOCCOCCOCCOCCOCCOCCOCCN)NC(=O)[C@@H](CC2CCCCC2)CS(=O)(=O)Cc2ccccc2)cc1. The van der Waals surface area contributed by atoms with Gasteiger partial charge >= 0.3 is 0 Å². The molecule has 2 fully saturated rings. The largest absolute Gasteiger partial charge is 0.384 e. The van der Waals surface area contributed by atoms with Gasteiger partial charge in [0.1, 0.15) is 37.0 Å². The Morgan fingerprint density at radius 1 is 0.352 bits per heavy atom. The molecule has 0 saturated heterocycles. The molecule has 2 aliphatic carbocycles. The number of benzene rings is 4. The molecule has 0 aromatic heterocycles. The van der Waals surface area contributed by atoms with E-state index in [-0.39, 0.29) is 118 Å². The molecule has 128 heavy (non-hydrogen) atoms. The van der Waals surface area contributed by atoms with Gasteiger partial charge in [-0.3, -0.25) is 44.4 Å². The Hall–Kier alpha value is -8.51. The number of amidine groups is 2. The quantitative estimate of drug-likeness (QED) is 0.0161. The first-order chi connectivity index (χ1) is 62.0. The van der Waals surface area contributed by atoms with Crippen LogP contribution in [0.25, 0.3) is 0 Å². The van der Waals surface area contributed by atoms with Crippen molar-refractivity contribution in [1.82, 2.24) is 37.2 Å². The topological polar surface area (TPSA) is 525 Å². The minimum absolute atomic E-state index is 0.0172. The molecule has 4 atom stereocenters. The molecule has 17 N–H and O–H groups in total. The molecule has 0 aliphatic heterocycles. The molecule has 4 aromatic rings. The molecule has 0 bridgehead atoms. The van der Waals surface area contributed by atoms with Crippen molar-refractivity contribution >= 4 is 72.7 Å². The van der Waals surface area contributed by atoms with Gasteiger partial charge in [0.25, 0.3) is 0 Å². The van der Waals surface area contributed by atoms with Crippen molar-refractivity contribution in [3.05, 3.63) is 143 Å². The lowest BCUT2D eigenvalue weighted by atomic mass is 9.83. The molecule has 4 aromatic carbocycles. The third-order valence-corrected chi connectivity index (χ3v) is 24.3. The molecule has 7 amide bonds. The molecule has 0 heterocycles. The van der Waals surface area contributed by atoms with E-state index in [0.29, 0.717) is 200 Å². The molecule has 0 radical (unpaired) electrons. The fourth-order valence-electron chi connectivity index (χ4n) is 14.2. The van der Waals surface area contributed by atoms with Crippen molar-refractivity contribution in [1.29, 1.82) is 10.8 Å². The average molecular weight is 1840 g/mol. The van der Waals surface area contributed by atoms with E-state index in [4.69, 9.17) is 85.9 Å². The molecule has 718 valence electrons. The minimum atomic E-state index is -3.68. The maximum absolute atomic E-state index is 14.1. The van der Waals surface area contributed by atoms with Crippen molar-refractivity contribution in [3.63, 3.8) is 0 Å². The van der Waals surface area contributed by atoms with E-state index in [1.807, 2.05) is 12.1 Å². The number of nitrogen functional groups attached to an aromatic ring is 2. The van der Waals surface area contributed by atoms with Gasteiger partial charge in [-0.25, -0.2) is 16.8 Å². The van der Waals surface area contributed by atoms with Crippen LogP contribution in [0.5, 0.6) is 0 Å². The van der Waals surface area contributed by atoms with E-state index in [1.165, 1.54) is 0 Å². The maximum Gasteiger partial charge on any atom is 0.246 e. The molecule has 0 unspecified atom stereocenters. The van der Waals surface area contributed by atoms with Crippen LogP contribution in [0.1, 0.15) is 155 Å². The van der Waals surface area contributed by atoms with Gasteiger partial charge in [-0.05, 0) is 92.0 Å². The van der Waals surface area contributed by atoms with E-state index < -0.39 is 79.0 Å². The summed E-state index contributed by atoms with van der Waals surface area (Å²) in [6.45, 7) is 10.7. The van der Waals surface area contributed by atoms with E-state index in [9.17, 15) is 50.4 Å². The van der Waals surface area contributed by atoms with Crippen molar-refractivity contribution in [2.24, 2.45) is 46.6 Å². The lowest BCUT2D eigenvalue weighted by Crippen LogP contribution is -2.50. The summed E-state index contributed by atoms with van der Waals surface area (Å²) in [4.78, 5) is 92.9. The predicted molar refractivity (Wildman–Crippen MR) is 488 cm³/mol. The third-order valence-electron chi connectivity index (χ3n) is 21.0. The highest BCUT2D eigenvalue weighted by molar-refractivity contribution is 7.90. The van der Waals surface area contributed by atoms with Gasteiger partial charge in [0.05, 0.1) is 154 Å². The highest BCUT2D eigenvalue weighted by atomic mass is 32.2. The molecule has 37 heteroatoms. The van der Waals surface area contributed by atoms with Crippen molar-refractivity contribution in [2.45, 2.75) is 159 Å². The Balaban J connectivity index is 0.000000472. The van der Waals surface area contributed by atoms with Gasteiger partial charge in [0.15, 0.2) is 19.7 Å². The molecule has 6 rings (SSSR count). The van der Waals surface area contributed by atoms with Gasteiger partial charge in [-0.2, -0.15) is 0 Å². The fraction of sp³-hybridized carbons (Fsp3) is 0.637. The number of rotatable bonds is 72. The Morgan fingerprint density at radius 3 is 1.09 bits per heavy atom. The number of amides is 7. The van der Waals surface area contributed by atoms with E-state index in [1.54, 1.807) is 97.1 Å². The molecular formula is C91H145N13O22S2. The standard InChI is InChI=1S/C51H83N7O14S.C40H62N6O8S/c52-18-21-65-23-25-67-27-29-69-31-33-71-34-32-70-30-28-68-26-24-66-22-20-56-48(60)38-72-37-47(59)55-19-8-7-13-46(51(62)57-36-42-14-16-44(17-15-42)49(53)54)58-50(61)45(35-41-9-3-1-4-10-41)40-73(63,64)39-43-11-5-2-6-12-43;41-19-7-21-52-23-25-54-26-24-53-22-8-20-44-37(47)18-17-36(40(49)45-28-32-13-15-34(16-14-32)38(42)43)46-39(48)35(27-31-9-3-1-4-10-31)30-55(50,51)29-33-11-5-2-6-12-33/h2,5-6,11-12,14-17,41,45-46H,1,3-4,7-10,13,18-40,52H2,(H3,53,54)(H,55,59)(H,56,60)(H,57,62)(H,58,61);2,5-6,11-16,31,35-36H,1,3-4,7-10,17-30,41H2,(H3,42,43)(H,44,47)(H,45,49)(H,46,48)/t45-,46-;35-,36-/m00/s1. The molecule has 2 saturated carbocycles. The van der Waals surface area contributed by atoms with Gasteiger partial charge in [-0.1, -0.05) is 173 Å². The first-order valence-electron chi connectivity index (χ1n) is 45.1. The second kappa shape index (κ2) is 68.5. The van der Waals surface area contributed by atoms with Gasteiger partial charge in [0.2, 0.25) is 41.4 Å². The molecule has 2 aliphatic rings. The number of hydrogen-bond donors (Lipinski definition) is 13. The van der Waals surface area contributed by atoms with Crippen LogP contribution in [0.3, 0.4) is 0 Å². The summed E-state index contributed by atoms with van der Waals surface area (Å²) in [6.07, 6.45) is 13.4. The van der Waals surface area contributed by atoms with E-state index in [0.717, 1.165) is 81.8 Å². The average Bonchev–Trinajstić information content (AvgIpc) is 0.847. The van der Waals surface area contributed by atoms with E-state index >= 15 is 0 Å². The van der Waals surface area contributed by atoms with Crippen LogP contribution in [0.4, 0.5) is 0 Å². The minimum Gasteiger partial charge on any atom is -0.384 e. The molecule has 0 spiro atoms. The second-order valence-corrected chi connectivity index (χ2v) is 35.9. The van der Waals surface area contributed by atoms with Crippen LogP contribution in [-0.2, 0) is 130 Å². The summed E-state index contributed by atoms with van der Waals surface area (Å²) in [5, 5.41) is 35.0. The first-order valence-corrected chi connectivity index (χ1v) is 48.7. The Kier molecular flexibility index (Phi) is 58.9. The third kappa shape index (κ3) is 53.6. The van der Waals surface area contributed by atoms with Crippen LogP contribution in [-0.4, -0.2) is 272 Å². The highest BCUT2D eigenvalue weighted by Gasteiger charge is 2.35. The summed E-state index contributed by atoms with van der Waals surface area (Å²) >= 11 is 0. The number of carbonyl (C=O) groups is 7. The summed E-state index contributed by atoms with van der Waals surface area (Å²) < 4.78 is 113. The molecule has 35 nitrogen and oxygen atoms in total. The Bertz CT molecular complexity index is 3970. The lowest BCUT2D eigenvalue weighted by molar-refractivity contribution is -0.132. The number of sulfone groups is 2. The van der Waals surface area contributed by atoms with Crippen LogP contribution in [0.15, 0.2) is 109 Å². The molecular weight excluding hydrogens is 1690 g/mol. The second-order valence-electron chi connectivity index (χ2n) is 31.7. The van der Waals surface area contributed by atoms with Crippen LogP contribution < -0.4 is 60.2 Å². The van der Waals surface area contributed by atoms with Gasteiger partial charge in [-0.15, -0.1) is 0 Å². The monoisotopic (exact) mass is 1840 g/mol. The van der Waals surface area contributed by atoms with Crippen LogP contribution >= 0.6 is 0 Å². The van der Waals surface area contributed by atoms with Crippen molar-refractivity contribution in [3.8, 4) is 0 Å². The number of ether oxygens (including phenoxy) is 11. The zero-order valence-electron chi connectivity index (χ0n) is 74.7. The van der Waals surface area contributed by atoms with Gasteiger partial charge in [0, 0.05) is 70.0 Å². The lowest BCUT2D eigenvalue weighted by Gasteiger charge is -2.27. The van der Waals surface area contributed by atoms with Crippen molar-refractivity contribution < 1.29 is 103 Å². The summed E-state index contributed by atoms with van der Waals surface area (Å²) in [7, 11) is -7.35. The van der Waals surface area contributed by atoms with Crippen LogP contribution in [0, 0.1) is 34.5 Å². The fourth-order valence-corrected chi connectivity index (χ4v) is 17.6. The summed E-state index contributed by atoms with van der Waals surface area (Å²) in [5.74, 6) is -5.44. The Labute approximate surface area is 756 Å². The number of carbonyl (C=O) groups excluding carboxylic acids is 7. The number of nitrogens with one attached hydrogen (secondary N) is 9.